The van der Waals surface area contributed by atoms with Gasteiger partial charge in [-0.25, -0.2) is 0 Å². The normalized spacial score (nSPS) is 13.7. The summed E-state index contributed by atoms with van der Waals surface area (Å²) in [6.45, 7) is 0.251. The predicted molar refractivity (Wildman–Crippen MR) is 52.4 cm³/mol. The van der Waals surface area contributed by atoms with Gasteiger partial charge >= 0.3 is 0 Å². The quantitative estimate of drug-likeness (QED) is 0.772. The van der Waals surface area contributed by atoms with Crippen LogP contribution in [0.2, 0.25) is 0 Å². The Bertz CT molecular complexity index is 208. The van der Waals surface area contributed by atoms with E-state index in [2.05, 4.69) is 16.3 Å². The van der Waals surface area contributed by atoms with Crippen molar-refractivity contribution in [1.82, 2.24) is 4.90 Å². The Kier molecular flexibility index (Phi) is 3.72. The Labute approximate surface area is 77.5 Å². The van der Waals surface area contributed by atoms with E-state index >= 15 is 0 Å². The van der Waals surface area contributed by atoms with Crippen molar-refractivity contribution >= 4 is 11.3 Å². The van der Waals surface area contributed by atoms with Gasteiger partial charge in [0.1, 0.15) is 0 Å². The molecule has 0 amide bonds. The summed E-state index contributed by atoms with van der Waals surface area (Å²) < 4.78 is 0. The minimum absolute atomic E-state index is 0.251. The predicted octanol–water partition coefficient (Wildman–Crippen LogP) is 1.73. The zero-order valence-corrected chi connectivity index (χ0v) is 8.34. The number of aliphatic hydroxyl groups excluding tert-OH is 1. The van der Waals surface area contributed by atoms with Crippen molar-refractivity contribution in [2.75, 3.05) is 20.7 Å². The van der Waals surface area contributed by atoms with Crippen molar-refractivity contribution < 1.29 is 5.11 Å². The van der Waals surface area contributed by atoms with Gasteiger partial charge in [0.25, 0.3) is 0 Å². The molecule has 0 spiro atoms. The molecule has 2 nitrogen and oxygen atoms in total. The van der Waals surface area contributed by atoms with Gasteiger partial charge in [-0.2, -0.15) is 0 Å². The first-order chi connectivity index (χ1) is 5.75. The van der Waals surface area contributed by atoms with Gasteiger partial charge in [0.15, 0.2) is 0 Å². The van der Waals surface area contributed by atoms with E-state index in [0.29, 0.717) is 6.04 Å². The number of rotatable bonds is 4. The van der Waals surface area contributed by atoms with Crippen LogP contribution in [0, 0.1) is 0 Å². The van der Waals surface area contributed by atoms with Gasteiger partial charge in [-0.3, -0.25) is 0 Å². The first-order valence-corrected chi connectivity index (χ1v) is 4.94. The highest BCUT2D eigenvalue weighted by Gasteiger charge is 2.13. The van der Waals surface area contributed by atoms with Crippen molar-refractivity contribution in [3.05, 3.63) is 22.4 Å². The van der Waals surface area contributed by atoms with Crippen molar-refractivity contribution in [1.29, 1.82) is 0 Å². The summed E-state index contributed by atoms with van der Waals surface area (Å²) >= 11 is 1.75. The van der Waals surface area contributed by atoms with Gasteiger partial charge in [0, 0.05) is 17.5 Å². The Balaban J connectivity index is 2.66. The lowest BCUT2D eigenvalue weighted by atomic mass is 10.1. The molecule has 0 aromatic carbocycles. The highest BCUT2D eigenvalue weighted by Crippen LogP contribution is 2.25. The Morgan fingerprint density at radius 1 is 1.58 bits per heavy atom. The molecule has 0 aliphatic heterocycles. The van der Waals surface area contributed by atoms with Gasteiger partial charge in [-0.15, -0.1) is 11.3 Å². The van der Waals surface area contributed by atoms with Crippen LogP contribution in [0.5, 0.6) is 0 Å². The molecule has 12 heavy (non-hydrogen) atoms. The van der Waals surface area contributed by atoms with Crippen LogP contribution < -0.4 is 0 Å². The molecule has 0 aliphatic carbocycles. The summed E-state index contributed by atoms with van der Waals surface area (Å²) in [6.07, 6.45) is 0.813. The third kappa shape index (κ3) is 2.30. The van der Waals surface area contributed by atoms with Crippen molar-refractivity contribution in [3.8, 4) is 0 Å². The highest BCUT2D eigenvalue weighted by molar-refractivity contribution is 7.10. The van der Waals surface area contributed by atoms with E-state index in [-0.39, 0.29) is 6.61 Å². The lowest BCUT2D eigenvalue weighted by Crippen LogP contribution is -2.19. The van der Waals surface area contributed by atoms with E-state index in [1.807, 2.05) is 20.2 Å². The first-order valence-electron chi connectivity index (χ1n) is 4.06. The number of hydrogen-bond donors (Lipinski definition) is 1. The maximum absolute atomic E-state index is 8.86. The third-order valence-electron chi connectivity index (χ3n) is 1.90. The summed E-state index contributed by atoms with van der Waals surface area (Å²) in [5.74, 6) is 0. The Morgan fingerprint density at radius 3 is 2.75 bits per heavy atom. The second kappa shape index (κ2) is 4.60. The van der Waals surface area contributed by atoms with Gasteiger partial charge in [0.05, 0.1) is 0 Å². The molecule has 1 unspecified atom stereocenters. The largest absolute Gasteiger partial charge is 0.396 e. The highest BCUT2D eigenvalue weighted by atomic mass is 32.1. The van der Waals surface area contributed by atoms with E-state index in [1.54, 1.807) is 11.3 Å². The van der Waals surface area contributed by atoms with Crippen molar-refractivity contribution in [3.63, 3.8) is 0 Å². The molecule has 0 aliphatic rings. The Hall–Kier alpha value is -0.380. The summed E-state index contributed by atoms with van der Waals surface area (Å²) in [5.41, 5.74) is 0. The molecule has 0 radical (unpaired) electrons. The van der Waals surface area contributed by atoms with Crippen LogP contribution in [0.15, 0.2) is 17.5 Å². The minimum atomic E-state index is 0.251. The van der Waals surface area contributed by atoms with Gasteiger partial charge in [0.2, 0.25) is 0 Å². The standard InChI is InChI=1S/C9H15NOS/c1-10(2)8(5-6-11)9-4-3-7-12-9/h3-4,7-8,11H,5-6H2,1-2H3. The molecule has 1 aromatic rings. The number of thiophene rings is 1. The zero-order chi connectivity index (χ0) is 8.97. The SMILES string of the molecule is CN(C)C(CCO)c1cccs1. The molecule has 3 heteroatoms. The first kappa shape index (κ1) is 9.71. The molecular weight excluding hydrogens is 170 g/mol. The topological polar surface area (TPSA) is 23.5 Å². The molecule has 1 heterocycles. The maximum atomic E-state index is 8.86. The van der Waals surface area contributed by atoms with E-state index in [9.17, 15) is 0 Å². The molecule has 1 atom stereocenters. The van der Waals surface area contributed by atoms with E-state index < -0.39 is 0 Å². The fraction of sp³-hybridized carbons (Fsp3) is 0.556. The second-order valence-electron chi connectivity index (χ2n) is 3.01. The van der Waals surface area contributed by atoms with Gasteiger partial charge < -0.3 is 10.0 Å². The number of aliphatic hydroxyl groups is 1. The second-order valence-corrected chi connectivity index (χ2v) is 3.99. The lowest BCUT2D eigenvalue weighted by molar-refractivity contribution is 0.213. The average Bonchev–Trinajstić information content (AvgIpc) is 2.51. The summed E-state index contributed by atoms with van der Waals surface area (Å²) in [4.78, 5) is 3.47. The zero-order valence-electron chi connectivity index (χ0n) is 7.53. The van der Waals surface area contributed by atoms with E-state index in [0.717, 1.165) is 6.42 Å². The molecule has 1 N–H and O–H groups in total. The van der Waals surface area contributed by atoms with Crippen molar-refractivity contribution in [2.45, 2.75) is 12.5 Å². The maximum Gasteiger partial charge on any atom is 0.0457 e. The minimum Gasteiger partial charge on any atom is -0.396 e. The summed E-state index contributed by atoms with van der Waals surface area (Å²) in [5, 5.41) is 10.9. The lowest BCUT2D eigenvalue weighted by Gasteiger charge is -2.21. The molecule has 1 rings (SSSR count). The van der Waals surface area contributed by atoms with Crippen LogP contribution in [-0.2, 0) is 0 Å². The number of nitrogens with zero attached hydrogens (tertiary/aromatic N) is 1. The van der Waals surface area contributed by atoms with E-state index in [4.69, 9.17) is 5.11 Å². The molecule has 0 saturated carbocycles. The van der Waals surface area contributed by atoms with Crippen LogP contribution in [0.1, 0.15) is 17.3 Å². The molecule has 0 fully saturated rings. The van der Waals surface area contributed by atoms with Gasteiger partial charge in [-0.1, -0.05) is 6.07 Å². The Morgan fingerprint density at radius 2 is 2.33 bits per heavy atom. The fourth-order valence-corrected chi connectivity index (χ4v) is 2.22. The van der Waals surface area contributed by atoms with Crippen molar-refractivity contribution in [2.24, 2.45) is 0 Å². The van der Waals surface area contributed by atoms with Crippen LogP contribution >= 0.6 is 11.3 Å². The summed E-state index contributed by atoms with van der Waals surface area (Å²) in [6, 6.07) is 4.54. The monoisotopic (exact) mass is 185 g/mol. The molecule has 68 valence electrons. The summed E-state index contributed by atoms with van der Waals surface area (Å²) in [7, 11) is 4.08. The molecule has 0 saturated heterocycles. The third-order valence-corrected chi connectivity index (χ3v) is 2.87. The number of hydrogen-bond acceptors (Lipinski definition) is 3. The smallest absolute Gasteiger partial charge is 0.0457 e. The van der Waals surface area contributed by atoms with Crippen LogP contribution in [0.3, 0.4) is 0 Å². The fourth-order valence-electron chi connectivity index (χ4n) is 1.26. The van der Waals surface area contributed by atoms with Gasteiger partial charge in [-0.05, 0) is 32.0 Å². The average molecular weight is 185 g/mol. The molecular formula is C9H15NOS. The van der Waals surface area contributed by atoms with Crippen LogP contribution in [0.25, 0.3) is 0 Å². The molecule has 0 bridgehead atoms. The van der Waals surface area contributed by atoms with E-state index in [1.165, 1.54) is 4.88 Å². The van der Waals surface area contributed by atoms with Crippen LogP contribution in [-0.4, -0.2) is 30.7 Å². The van der Waals surface area contributed by atoms with Crippen LogP contribution in [0.4, 0.5) is 0 Å². The molecule has 1 aromatic heterocycles.